The van der Waals surface area contributed by atoms with Crippen molar-refractivity contribution in [3.8, 4) is 5.88 Å². The predicted octanol–water partition coefficient (Wildman–Crippen LogP) is 3.49. The number of benzene rings is 1. The highest BCUT2D eigenvalue weighted by atomic mass is 127. The zero-order chi connectivity index (χ0) is 18.3. The third-order valence-corrected chi connectivity index (χ3v) is 4.00. The first-order valence-corrected chi connectivity index (χ1v) is 8.14. The van der Waals surface area contributed by atoms with Crippen molar-refractivity contribution in [2.24, 2.45) is 4.99 Å². The molecule has 1 heterocycles. The van der Waals surface area contributed by atoms with Gasteiger partial charge < -0.3 is 15.4 Å². The minimum absolute atomic E-state index is 0. The molecule has 0 amide bonds. The topological polar surface area (TPSA) is 58.5 Å². The molecule has 26 heavy (non-hydrogen) atoms. The fourth-order valence-corrected chi connectivity index (χ4v) is 2.39. The number of halogens is 2. The molecule has 2 rings (SSSR count). The first kappa shape index (κ1) is 22.1. The van der Waals surface area contributed by atoms with E-state index in [0.717, 1.165) is 11.1 Å². The number of guanidine groups is 1. The van der Waals surface area contributed by atoms with Gasteiger partial charge in [-0.1, -0.05) is 26.0 Å². The highest BCUT2D eigenvalue weighted by Crippen LogP contribution is 2.22. The molecule has 0 bridgehead atoms. The van der Waals surface area contributed by atoms with Crippen LogP contribution in [-0.2, 0) is 12.0 Å². The number of pyridine rings is 1. The predicted molar refractivity (Wildman–Crippen MR) is 114 cm³/mol. The van der Waals surface area contributed by atoms with Gasteiger partial charge in [0.15, 0.2) is 5.96 Å². The number of hydrogen-bond acceptors (Lipinski definition) is 3. The van der Waals surface area contributed by atoms with Gasteiger partial charge in [0, 0.05) is 37.8 Å². The summed E-state index contributed by atoms with van der Waals surface area (Å²) in [5.74, 6) is 1.04. The number of aliphatic imine (C=N–C) groups is 1. The minimum atomic E-state index is -0.237. The van der Waals surface area contributed by atoms with Gasteiger partial charge in [0.1, 0.15) is 5.82 Å². The Morgan fingerprint density at radius 1 is 1.23 bits per heavy atom. The van der Waals surface area contributed by atoms with Crippen LogP contribution < -0.4 is 15.4 Å². The molecule has 0 unspecified atom stereocenters. The molecule has 0 atom stereocenters. The summed E-state index contributed by atoms with van der Waals surface area (Å²) < 4.78 is 18.6. The molecular weight excluding hydrogens is 446 g/mol. The summed E-state index contributed by atoms with van der Waals surface area (Å²) in [6.45, 7) is 5.35. The van der Waals surface area contributed by atoms with Crippen LogP contribution in [0.25, 0.3) is 0 Å². The summed E-state index contributed by atoms with van der Waals surface area (Å²) in [4.78, 5) is 8.32. The average molecular weight is 472 g/mol. The lowest BCUT2D eigenvalue weighted by atomic mass is 9.84. The van der Waals surface area contributed by atoms with E-state index in [1.165, 1.54) is 6.07 Å². The minimum Gasteiger partial charge on any atom is -0.481 e. The number of hydrogen-bond donors (Lipinski definition) is 2. The van der Waals surface area contributed by atoms with E-state index >= 15 is 0 Å². The summed E-state index contributed by atoms with van der Waals surface area (Å²) in [6, 6.07) is 10.5. The smallest absolute Gasteiger partial charge is 0.213 e. The van der Waals surface area contributed by atoms with Crippen molar-refractivity contribution in [1.82, 2.24) is 15.6 Å². The Kier molecular flexibility index (Phi) is 8.77. The Morgan fingerprint density at radius 2 is 2.00 bits per heavy atom. The van der Waals surface area contributed by atoms with Crippen molar-refractivity contribution in [2.75, 3.05) is 20.7 Å². The molecule has 0 fully saturated rings. The highest BCUT2D eigenvalue weighted by molar-refractivity contribution is 14.0. The summed E-state index contributed by atoms with van der Waals surface area (Å²) in [7, 11) is 3.31. The molecule has 0 aliphatic rings. The molecule has 2 aromatic rings. The van der Waals surface area contributed by atoms with Gasteiger partial charge in [-0.3, -0.25) is 4.99 Å². The molecule has 2 N–H and O–H groups in total. The van der Waals surface area contributed by atoms with E-state index < -0.39 is 0 Å². The molecule has 0 aliphatic carbocycles. The third kappa shape index (κ3) is 6.44. The summed E-state index contributed by atoms with van der Waals surface area (Å²) in [5, 5.41) is 6.55. The van der Waals surface area contributed by atoms with E-state index in [1.54, 1.807) is 32.5 Å². The van der Waals surface area contributed by atoms with E-state index in [9.17, 15) is 4.39 Å². The van der Waals surface area contributed by atoms with Gasteiger partial charge >= 0.3 is 0 Å². The van der Waals surface area contributed by atoms with E-state index in [2.05, 4.69) is 34.5 Å². The molecule has 7 heteroatoms. The maximum atomic E-state index is 13.5. The van der Waals surface area contributed by atoms with E-state index in [4.69, 9.17) is 4.74 Å². The quantitative estimate of drug-likeness (QED) is 0.384. The summed E-state index contributed by atoms with van der Waals surface area (Å²) >= 11 is 0. The standard InChI is InChI=1S/C19H25FN4O.HI/c1-19(2,15-6-5-7-16(20)11-15)13-24-18(21-3)23-12-14-8-9-22-17(10-14)25-4;/h5-11H,12-13H2,1-4H3,(H2,21,23,24);1H. The van der Waals surface area contributed by atoms with E-state index in [1.807, 2.05) is 18.2 Å². The largest absolute Gasteiger partial charge is 0.481 e. The second kappa shape index (κ2) is 10.3. The Hall–Kier alpha value is -1.90. The van der Waals surface area contributed by atoms with Crippen molar-refractivity contribution < 1.29 is 9.13 Å². The van der Waals surface area contributed by atoms with Crippen molar-refractivity contribution in [3.63, 3.8) is 0 Å². The van der Waals surface area contributed by atoms with Crippen LogP contribution >= 0.6 is 24.0 Å². The van der Waals surface area contributed by atoms with Crippen LogP contribution in [0.3, 0.4) is 0 Å². The van der Waals surface area contributed by atoms with Crippen molar-refractivity contribution >= 4 is 29.9 Å². The van der Waals surface area contributed by atoms with Crippen LogP contribution in [0.1, 0.15) is 25.0 Å². The zero-order valence-electron chi connectivity index (χ0n) is 15.5. The molecule has 1 aromatic carbocycles. The Morgan fingerprint density at radius 3 is 2.65 bits per heavy atom. The number of aromatic nitrogens is 1. The molecule has 0 saturated carbocycles. The molecule has 0 aliphatic heterocycles. The zero-order valence-corrected chi connectivity index (χ0v) is 17.9. The molecular formula is C19H26FIN4O. The lowest BCUT2D eigenvalue weighted by Crippen LogP contribution is -2.43. The second-order valence-electron chi connectivity index (χ2n) is 6.38. The van der Waals surface area contributed by atoms with Crippen LogP contribution in [0.5, 0.6) is 5.88 Å². The molecule has 1 aromatic heterocycles. The van der Waals surface area contributed by atoms with Crippen LogP contribution in [0, 0.1) is 5.82 Å². The molecule has 0 saturated heterocycles. The maximum Gasteiger partial charge on any atom is 0.213 e. The van der Waals surface area contributed by atoms with Gasteiger partial charge in [0.2, 0.25) is 5.88 Å². The number of nitrogens with zero attached hydrogens (tertiary/aromatic N) is 2. The van der Waals surface area contributed by atoms with Gasteiger partial charge in [-0.2, -0.15) is 0 Å². The first-order valence-electron chi connectivity index (χ1n) is 8.14. The molecule has 5 nitrogen and oxygen atoms in total. The Bertz CT molecular complexity index is 737. The molecule has 0 spiro atoms. The normalized spacial score (nSPS) is 11.5. The van der Waals surface area contributed by atoms with Gasteiger partial charge in [-0.05, 0) is 29.3 Å². The van der Waals surface area contributed by atoms with Gasteiger partial charge in [-0.15, -0.1) is 24.0 Å². The van der Waals surface area contributed by atoms with Gasteiger partial charge in [0.25, 0.3) is 0 Å². The van der Waals surface area contributed by atoms with Crippen LogP contribution in [0.4, 0.5) is 4.39 Å². The number of nitrogens with one attached hydrogen (secondary N) is 2. The summed E-state index contributed by atoms with van der Waals surface area (Å²) in [5.41, 5.74) is 1.74. The lowest BCUT2D eigenvalue weighted by Gasteiger charge is -2.27. The van der Waals surface area contributed by atoms with Crippen molar-refractivity contribution in [3.05, 3.63) is 59.5 Å². The van der Waals surface area contributed by atoms with Crippen LogP contribution in [-0.4, -0.2) is 31.6 Å². The number of methoxy groups -OCH3 is 1. The van der Waals surface area contributed by atoms with Gasteiger partial charge in [-0.25, -0.2) is 9.37 Å². The number of ether oxygens (including phenoxy) is 1. The number of rotatable bonds is 6. The third-order valence-electron chi connectivity index (χ3n) is 4.00. The fourth-order valence-electron chi connectivity index (χ4n) is 2.39. The second-order valence-corrected chi connectivity index (χ2v) is 6.38. The van der Waals surface area contributed by atoms with Crippen LogP contribution in [0.2, 0.25) is 0 Å². The monoisotopic (exact) mass is 472 g/mol. The van der Waals surface area contributed by atoms with E-state index in [-0.39, 0.29) is 35.2 Å². The fraction of sp³-hybridized carbons (Fsp3) is 0.368. The Labute approximate surface area is 171 Å². The SMILES string of the molecule is CN=C(NCc1ccnc(OC)c1)NCC(C)(C)c1cccc(F)c1.I. The van der Waals surface area contributed by atoms with Crippen molar-refractivity contribution in [1.29, 1.82) is 0 Å². The lowest BCUT2D eigenvalue weighted by molar-refractivity contribution is 0.397. The average Bonchev–Trinajstić information content (AvgIpc) is 2.62. The molecule has 0 radical (unpaired) electrons. The molecule has 142 valence electrons. The van der Waals surface area contributed by atoms with Gasteiger partial charge in [0.05, 0.1) is 7.11 Å². The van der Waals surface area contributed by atoms with E-state index in [0.29, 0.717) is 24.9 Å². The highest BCUT2D eigenvalue weighted by Gasteiger charge is 2.21. The van der Waals surface area contributed by atoms with Crippen LogP contribution in [0.15, 0.2) is 47.6 Å². The first-order chi connectivity index (χ1) is 11.9. The maximum absolute atomic E-state index is 13.5. The Balaban J connectivity index is 0.00000338. The summed E-state index contributed by atoms with van der Waals surface area (Å²) in [6.07, 6.45) is 1.71. The van der Waals surface area contributed by atoms with Crippen molar-refractivity contribution in [2.45, 2.75) is 25.8 Å².